The Morgan fingerprint density at radius 1 is 0.944 bits per heavy atom. The average molecular weight is 500 g/mol. The van der Waals surface area contributed by atoms with Crippen LogP contribution in [0.2, 0.25) is 0 Å². The van der Waals surface area contributed by atoms with E-state index in [1.165, 1.54) is 0 Å². The van der Waals surface area contributed by atoms with Gasteiger partial charge in [-0.25, -0.2) is 0 Å². The Bertz CT molecular complexity index is 989. The van der Waals surface area contributed by atoms with Gasteiger partial charge < -0.3 is 29.1 Å². The lowest BCUT2D eigenvalue weighted by molar-refractivity contribution is -0.142. The number of hydrogen-bond donors (Lipinski definition) is 0. The second kappa shape index (κ2) is 10.6. The Hall–Kier alpha value is -2.85. The quantitative estimate of drug-likeness (QED) is 0.572. The molecule has 0 aromatic heterocycles. The lowest BCUT2D eigenvalue weighted by Crippen LogP contribution is -2.63. The van der Waals surface area contributed by atoms with Crippen molar-refractivity contribution in [1.29, 1.82) is 0 Å². The van der Waals surface area contributed by atoms with Crippen LogP contribution in [0.5, 0.6) is 5.75 Å². The number of anilines is 1. The summed E-state index contributed by atoms with van der Waals surface area (Å²) in [6.07, 6.45) is 0.664. The zero-order valence-electron chi connectivity index (χ0n) is 21.4. The maximum absolute atomic E-state index is 13.9. The van der Waals surface area contributed by atoms with Crippen molar-refractivity contribution in [1.82, 2.24) is 19.6 Å². The van der Waals surface area contributed by atoms with Gasteiger partial charge in [-0.3, -0.25) is 19.3 Å². The van der Waals surface area contributed by atoms with Gasteiger partial charge in [-0.1, -0.05) is 6.07 Å². The minimum atomic E-state index is -0.198. The molecule has 4 aliphatic rings. The first-order chi connectivity index (χ1) is 17.4. The summed E-state index contributed by atoms with van der Waals surface area (Å²) in [4.78, 5) is 48.7. The average Bonchev–Trinajstić information content (AvgIpc) is 2.92. The number of hydrogen-bond acceptors (Lipinski definition) is 7. The molecule has 3 saturated heterocycles. The van der Waals surface area contributed by atoms with Crippen molar-refractivity contribution in [2.75, 3.05) is 90.7 Å². The first-order valence-corrected chi connectivity index (χ1v) is 13.0. The van der Waals surface area contributed by atoms with Gasteiger partial charge in [0.25, 0.3) is 0 Å². The third-order valence-corrected chi connectivity index (χ3v) is 8.09. The monoisotopic (exact) mass is 499 g/mol. The number of carbonyl (C=O) groups is 3. The SMILES string of the molecule is COc1ccc2c(c1)N1CCN(CC(=O)N3CCOCC3)C[C@H]1[C@H](C(=O)N1CCN(C(C)=O)CC1)C2. The van der Waals surface area contributed by atoms with Gasteiger partial charge in [-0.05, 0) is 18.1 Å². The fourth-order valence-corrected chi connectivity index (χ4v) is 5.97. The molecule has 0 N–H and O–H groups in total. The molecule has 4 aliphatic heterocycles. The van der Waals surface area contributed by atoms with Crippen LogP contribution in [-0.4, -0.2) is 129 Å². The number of methoxy groups -OCH3 is 1. The minimum absolute atomic E-state index is 0.0193. The van der Waals surface area contributed by atoms with Crippen LogP contribution in [0.3, 0.4) is 0 Å². The van der Waals surface area contributed by atoms with Crippen molar-refractivity contribution in [3.8, 4) is 5.75 Å². The second-order valence-corrected chi connectivity index (χ2v) is 10.1. The predicted molar refractivity (Wildman–Crippen MR) is 134 cm³/mol. The molecule has 0 saturated carbocycles. The van der Waals surface area contributed by atoms with Crippen molar-refractivity contribution < 1.29 is 23.9 Å². The summed E-state index contributed by atoms with van der Waals surface area (Å²) < 4.78 is 10.9. The number of morpholine rings is 1. The number of carbonyl (C=O) groups excluding carboxylic acids is 3. The van der Waals surface area contributed by atoms with Gasteiger partial charge in [0.15, 0.2) is 0 Å². The normalized spacial score (nSPS) is 24.7. The Morgan fingerprint density at radius 2 is 1.67 bits per heavy atom. The highest BCUT2D eigenvalue weighted by Crippen LogP contribution is 2.39. The molecular weight excluding hydrogens is 462 g/mol. The summed E-state index contributed by atoms with van der Waals surface area (Å²) >= 11 is 0. The Labute approximate surface area is 212 Å². The van der Waals surface area contributed by atoms with Gasteiger partial charge >= 0.3 is 0 Å². The second-order valence-electron chi connectivity index (χ2n) is 10.1. The molecule has 0 bridgehead atoms. The van der Waals surface area contributed by atoms with Crippen LogP contribution in [0.1, 0.15) is 12.5 Å². The zero-order valence-corrected chi connectivity index (χ0v) is 21.4. The van der Waals surface area contributed by atoms with Crippen molar-refractivity contribution in [3.63, 3.8) is 0 Å². The number of fused-ring (bicyclic) bond motifs is 3. The molecule has 1 aromatic carbocycles. The highest BCUT2D eigenvalue weighted by atomic mass is 16.5. The zero-order chi connectivity index (χ0) is 25.2. The molecule has 4 heterocycles. The Morgan fingerprint density at radius 3 is 2.36 bits per heavy atom. The molecule has 10 heteroatoms. The molecular formula is C26H37N5O5. The third kappa shape index (κ3) is 5.01. The fourth-order valence-electron chi connectivity index (χ4n) is 5.97. The lowest BCUT2D eigenvalue weighted by Gasteiger charge is -2.50. The first-order valence-electron chi connectivity index (χ1n) is 13.0. The van der Waals surface area contributed by atoms with Gasteiger partial charge in [-0.15, -0.1) is 0 Å². The smallest absolute Gasteiger partial charge is 0.236 e. The summed E-state index contributed by atoms with van der Waals surface area (Å²) in [7, 11) is 1.67. The molecule has 0 aliphatic carbocycles. The molecule has 10 nitrogen and oxygen atoms in total. The molecule has 36 heavy (non-hydrogen) atoms. The van der Waals surface area contributed by atoms with Gasteiger partial charge in [0, 0.05) is 77.6 Å². The van der Waals surface area contributed by atoms with Crippen molar-refractivity contribution >= 4 is 23.4 Å². The number of piperazine rings is 2. The van der Waals surface area contributed by atoms with Crippen LogP contribution in [0.25, 0.3) is 0 Å². The molecule has 3 amide bonds. The van der Waals surface area contributed by atoms with Gasteiger partial charge in [0.05, 0.1) is 38.8 Å². The van der Waals surface area contributed by atoms with Crippen molar-refractivity contribution in [2.45, 2.75) is 19.4 Å². The van der Waals surface area contributed by atoms with Gasteiger partial charge in [0.1, 0.15) is 5.75 Å². The van der Waals surface area contributed by atoms with Crippen LogP contribution in [0.15, 0.2) is 18.2 Å². The summed E-state index contributed by atoms with van der Waals surface area (Å²) in [6, 6.07) is 6.09. The number of amides is 3. The largest absolute Gasteiger partial charge is 0.497 e. The number of nitrogens with zero attached hydrogens (tertiary/aromatic N) is 5. The lowest BCUT2D eigenvalue weighted by atomic mass is 9.82. The Kier molecular flexibility index (Phi) is 7.34. The van der Waals surface area contributed by atoms with Crippen LogP contribution in [0.4, 0.5) is 5.69 Å². The number of benzene rings is 1. The van der Waals surface area contributed by atoms with E-state index < -0.39 is 0 Å². The van der Waals surface area contributed by atoms with E-state index in [1.807, 2.05) is 15.9 Å². The number of rotatable bonds is 4. The third-order valence-electron chi connectivity index (χ3n) is 8.09. The Balaban J connectivity index is 1.34. The maximum Gasteiger partial charge on any atom is 0.236 e. The van der Waals surface area contributed by atoms with Crippen molar-refractivity contribution in [3.05, 3.63) is 23.8 Å². The van der Waals surface area contributed by atoms with Crippen LogP contribution in [0, 0.1) is 5.92 Å². The highest BCUT2D eigenvalue weighted by molar-refractivity contribution is 5.83. The number of ether oxygens (including phenoxy) is 2. The van der Waals surface area contributed by atoms with Crippen molar-refractivity contribution in [2.24, 2.45) is 5.92 Å². The van der Waals surface area contributed by atoms with Gasteiger partial charge in [0.2, 0.25) is 17.7 Å². The molecule has 3 fully saturated rings. The summed E-state index contributed by atoms with van der Waals surface area (Å²) in [5, 5.41) is 0. The van der Waals surface area contributed by atoms with E-state index in [1.54, 1.807) is 18.9 Å². The maximum atomic E-state index is 13.9. The topological polar surface area (TPSA) is 85.9 Å². The standard InChI is InChI=1S/C26H37N5O5/c1-19(32)28-6-8-30(9-7-28)26(34)22-15-20-3-4-21(35-2)16-23(20)31-10-5-27(17-24(22)31)18-25(33)29-11-13-36-14-12-29/h3-4,16,22,24H,5-15,17-18H2,1-2H3/t22-,24+/m1/s1. The first kappa shape index (κ1) is 24.8. The molecule has 0 spiro atoms. The summed E-state index contributed by atoms with van der Waals surface area (Å²) in [5.74, 6) is 0.948. The fraction of sp³-hybridized carbons (Fsp3) is 0.654. The highest BCUT2D eigenvalue weighted by Gasteiger charge is 2.44. The summed E-state index contributed by atoms with van der Waals surface area (Å²) in [5.41, 5.74) is 2.29. The predicted octanol–water partition coefficient (Wildman–Crippen LogP) is -0.0924. The van der Waals surface area contributed by atoms with E-state index in [2.05, 4.69) is 21.9 Å². The van der Waals surface area contributed by atoms with E-state index in [9.17, 15) is 14.4 Å². The van der Waals surface area contributed by atoms with Crippen LogP contribution >= 0.6 is 0 Å². The molecule has 196 valence electrons. The van der Waals surface area contributed by atoms with Crippen LogP contribution < -0.4 is 9.64 Å². The minimum Gasteiger partial charge on any atom is -0.497 e. The summed E-state index contributed by atoms with van der Waals surface area (Å²) in [6.45, 7) is 8.89. The van der Waals surface area contributed by atoms with Crippen LogP contribution in [-0.2, 0) is 25.5 Å². The molecule has 1 aromatic rings. The molecule has 0 radical (unpaired) electrons. The molecule has 2 atom stereocenters. The molecule has 5 rings (SSSR count). The van der Waals surface area contributed by atoms with E-state index in [0.29, 0.717) is 72.0 Å². The van der Waals surface area contributed by atoms with E-state index in [0.717, 1.165) is 30.1 Å². The van der Waals surface area contributed by atoms with E-state index in [4.69, 9.17) is 9.47 Å². The van der Waals surface area contributed by atoms with E-state index >= 15 is 0 Å². The van der Waals surface area contributed by atoms with Gasteiger partial charge in [-0.2, -0.15) is 0 Å². The van der Waals surface area contributed by atoms with E-state index in [-0.39, 0.29) is 29.7 Å². The molecule has 0 unspecified atom stereocenters.